The predicted octanol–water partition coefficient (Wildman–Crippen LogP) is 4.04. The summed E-state index contributed by atoms with van der Waals surface area (Å²) in [6.07, 6.45) is 2.06. The van der Waals surface area contributed by atoms with Gasteiger partial charge in [-0.2, -0.15) is 0 Å². The van der Waals surface area contributed by atoms with Crippen molar-refractivity contribution in [1.29, 1.82) is 0 Å². The summed E-state index contributed by atoms with van der Waals surface area (Å²) in [7, 11) is 0. The lowest BCUT2D eigenvalue weighted by atomic mass is 9.96. The molecule has 0 aliphatic carbocycles. The van der Waals surface area contributed by atoms with Gasteiger partial charge in [-0.25, -0.2) is 5.43 Å². The largest absolute Gasteiger partial charge is 0.507 e. The van der Waals surface area contributed by atoms with Gasteiger partial charge in [-0.3, -0.25) is 5.43 Å². The number of aromatic hydroxyl groups is 1. The van der Waals surface area contributed by atoms with Crippen molar-refractivity contribution >= 4 is 0 Å². The molecular formula is C22H30N2O3. The summed E-state index contributed by atoms with van der Waals surface area (Å²) in [6.45, 7) is 8.63. The molecule has 27 heavy (non-hydrogen) atoms. The smallest absolute Gasteiger partial charge is 0.136 e. The van der Waals surface area contributed by atoms with Crippen molar-refractivity contribution in [2.24, 2.45) is 0 Å². The fraction of sp³-hybridized carbons (Fsp3) is 0.455. The lowest BCUT2D eigenvalue weighted by Gasteiger charge is -2.24. The summed E-state index contributed by atoms with van der Waals surface area (Å²) < 4.78 is 11.9. The van der Waals surface area contributed by atoms with Gasteiger partial charge in [-0.15, -0.1) is 0 Å². The summed E-state index contributed by atoms with van der Waals surface area (Å²) in [5.74, 6) is 1.80. The van der Waals surface area contributed by atoms with Gasteiger partial charge in [0.25, 0.3) is 0 Å². The molecule has 0 radical (unpaired) electrons. The highest BCUT2D eigenvalue weighted by atomic mass is 16.5. The van der Waals surface area contributed by atoms with Crippen LogP contribution >= 0.6 is 0 Å². The number of hydrogen-bond acceptors (Lipinski definition) is 5. The van der Waals surface area contributed by atoms with Gasteiger partial charge in [0, 0.05) is 11.1 Å². The number of ether oxygens (including phenoxy) is 2. The molecule has 0 aromatic heterocycles. The third-order valence-corrected chi connectivity index (χ3v) is 5.07. The molecule has 1 saturated heterocycles. The summed E-state index contributed by atoms with van der Waals surface area (Å²) in [6, 6.07) is 12.0. The van der Waals surface area contributed by atoms with E-state index in [4.69, 9.17) is 9.47 Å². The second-order valence-electron chi connectivity index (χ2n) is 7.09. The predicted molar refractivity (Wildman–Crippen MR) is 107 cm³/mol. The number of hydrogen-bond donors (Lipinski definition) is 3. The molecule has 3 unspecified atom stereocenters. The number of phenols is 1. The number of rotatable bonds is 7. The third kappa shape index (κ3) is 4.20. The normalized spacial score (nSPS) is 22.0. The van der Waals surface area contributed by atoms with Gasteiger partial charge in [0.05, 0.1) is 18.7 Å². The molecule has 1 fully saturated rings. The van der Waals surface area contributed by atoms with Crippen LogP contribution in [0.3, 0.4) is 0 Å². The van der Waals surface area contributed by atoms with Gasteiger partial charge < -0.3 is 14.6 Å². The lowest BCUT2D eigenvalue weighted by molar-refractivity contribution is 0.170. The van der Waals surface area contributed by atoms with E-state index in [1.807, 2.05) is 38.1 Å². The lowest BCUT2D eigenvalue weighted by Crippen LogP contribution is -2.33. The topological polar surface area (TPSA) is 62.8 Å². The minimum atomic E-state index is -0.162. The minimum absolute atomic E-state index is 0.0941. The monoisotopic (exact) mass is 370 g/mol. The maximum absolute atomic E-state index is 10.7. The molecule has 3 rings (SSSR count). The van der Waals surface area contributed by atoms with E-state index in [2.05, 4.69) is 36.8 Å². The molecule has 5 heteroatoms. The van der Waals surface area contributed by atoms with Gasteiger partial charge in [0.15, 0.2) is 0 Å². The molecule has 1 aliphatic rings. The van der Waals surface area contributed by atoms with Gasteiger partial charge in [-0.05, 0) is 57.0 Å². The van der Waals surface area contributed by atoms with E-state index in [0.29, 0.717) is 12.4 Å². The van der Waals surface area contributed by atoms with Crippen molar-refractivity contribution in [2.45, 2.75) is 58.7 Å². The van der Waals surface area contributed by atoms with Crippen LogP contribution in [0, 0.1) is 6.92 Å². The quantitative estimate of drug-likeness (QED) is 0.687. The second kappa shape index (κ2) is 8.63. The zero-order valence-electron chi connectivity index (χ0n) is 16.6. The summed E-state index contributed by atoms with van der Waals surface area (Å²) in [4.78, 5) is 0. The van der Waals surface area contributed by atoms with Gasteiger partial charge in [0.1, 0.15) is 23.4 Å². The van der Waals surface area contributed by atoms with Crippen LogP contribution in [0.15, 0.2) is 36.4 Å². The highest BCUT2D eigenvalue weighted by molar-refractivity contribution is 5.50. The minimum Gasteiger partial charge on any atom is -0.507 e. The van der Waals surface area contributed by atoms with Crippen molar-refractivity contribution in [3.8, 4) is 17.2 Å². The number of hydrazine groups is 1. The second-order valence-corrected chi connectivity index (χ2v) is 7.09. The Morgan fingerprint density at radius 3 is 2.44 bits per heavy atom. The number of aryl methyl sites for hydroxylation is 1. The maximum atomic E-state index is 10.7. The molecule has 0 saturated carbocycles. The molecule has 2 aromatic rings. The third-order valence-electron chi connectivity index (χ3n) is 5.07. The van der Waals surface area contributed by atoms with E-state index in [-0.39, 0.29) is 23.9 Å². The molecular weight excluding hydrogens is 340 g/mol. The number of nitrogens with one attached hydrogen (secondary N) is 2. The van der Waals surface area contributed by atoms with Gasteiger partial charge in [-0.1, -0.05) is 25.5 Å². The van der Waals surface area contributed by atoms with Crippen LogP contribution in [0.25, 0.3) is 0 Å². The van der Waals surface area contributed by atoms with Crippen molar-refractivity contribution in [2.75, 3.05) is 6.61 Å². The van der Waals surface area contributed by atoms with Gasteiger partial charge >= 0.3 is 0 Å². The van der Waals surface area contributed by atoms with E-state index in [0.717, 1.165) is 29.7 Å². The van der Waals surface area contributed by atoms with Crippen molar-refractivity contribution < 1.29 is 14.6 Å². The standard InChI is InChI=1S/C22H30N2O3/c1-5-7-16-8-10-17(11-9-16)27-22-15(4)23-24-20(22)18-12-13-19(26-6-2)14(3)21(18)25/h8-13,15,20,22-25H,5-7H2,1-4H3. The first-order chi connectivity index (χ1) is 13.0. The Bertz CT molecular complexity index is 761. The number of phenolic OH excluding ortho intramolecular Hbond substituents is 1. The summed E-state index contributed by atoms with van der Waals surface area (Å²) in [5, 5.41) is 10.7. The van der Waals surface area contributed by atoms with E-state index < -0.39 is 0 Å². The molecule has 3 N–H and O–H groups in total. The van der Waals surface area contributed by atoms with Crippen LogP contribution in [-0.4, -0.2) is 23.9 Å². The molecule has 2 aromatic carbocycles. The Morgan fingerprint density at radius 1 is 1.04 bits per heavy atom. The van der Waals surface area contributed by atoms with Crippen molar-refractivity contribution in [1.82, 2.24) is 10.9 Å². The van der Waals surface area contributed by atoms with Crippen molar-refractivity contribution in [3.63, 3.8) is 0 Å². The Kier molecular flexibility index (Phi) is 6.24. The fourth-order valence-electron chi connectivity index (χ4n) is 3.54. The molecule has 0 bridgehead atoms. The van der Waals surface area contributed by atoms with Gasteiger partial charge in [0.2, 0.25) is 0 Å². The zero-order chi connectivity index (χ0) is 19.4. The Labute approximate surface area is 161 Å². The van der Waals surface area contributed by atoms with Crippen LogP contribution in [0.2, 0.25) is 0 Å². The van der Waals surface area contributed by atoms with Crippen LogP contribution in [0.5, 0.6) is 17.2 Å². The molecule has 5 nitrogen and oxygen atoms in total. The molecule has 0 spiro atoms. The number of benzene rings is 2. The molecule has 146 valence electrons. The van der Waals surface area contributed by atoms with Crippen LogP contribution in [0.1, 0.15) is 49.9 Å². The molecule has 0 amide bonds. The molecule has 1 aliphatic heterocycles. The van der Waals surface area contributed by atoms with Crippen LogP contribution < -0.4 is 20.3 Å². The van der Waals surface area contributed by atoms with E-state index in [9.17, 15) is 5.11 Å². The first kappa shape index (κ1) is 19.5. The summed E-state index contributed by atoms with van der Waals surface area (Å²) in [5.41, 5.74) is 9.38. The fourth-order valence-corrected chi connectivity index (χ4v) is 3.54. The Hall–Kier alpha value is -2.24. The Balaban J connectivity index is 1.82. The SMILES string of the molecule is CCCc1ccc(OC2C(C)NNC2c2ccc(OCC)c(C)c2O)cc1. The first-order valence-corrected chi connectivity index (χ1v) is 9.77. The highest BCUT2D eigenvalue weighted by Crippen LogP contribution is 2.37. The first-order valence-electron chi connectivity index (χ1n) is 9.77. The van der Waals surface area contributed by atoms with Crippen LogP contribution in [-0.2, 0) is 6.42 Å². The Morgan fingerprint density at radius 2 is 1.78 bits per heavy atom. The summed E-state index contributed by atoms with van der Waals surface area (Å²) >= 11 is 0. The average Bonchev–Trinajstić information content (AvgIpc) is 3.02. The maximum Gasteiger partial charge on any atom is 0.136 e. The zero-order valence-corrected chi connectivity index (χ0v) is 16.6. The molecule has 3 atom stereocenters. The van der Waals surface area contributed by atoms with E-state index in [1.54, 1.807) is 0 Å². The van der Waals surface area contributed by atoms with E-state index >= 15 is 0 Å². The van der Waals surface area contributed by atoms with E-state index in [1.165, 1.54) is 5.56 Å². The molecule has 1 heterocycles. The van der Waals surface area contributed by atoms with Crippen molar-refractivity contribution in [3.05, 3.63) is 53.1 Å². The highest BCUT2D eigenvalue weighted by Gasteiger charge is 2.38. The average molecular weight is 370 g/mol. The van der Waals surface area contributed by atoms with Crippen LogP contribution in [0.4, 0.5) is 0 Å².